The normalized spacial score (nSPS) is 17.2. The van der Waals surface area contributed by atoms with Crippen molar-refractivity contribution in [3.8, 4) is 0 Å². The molecule has 7 heteroatoms. The van der Waals surface area contributed by atoms with Crippen molar-refractivity contribution in [2.24, 2.45) is 0 Å². The van der Waals surface area contributed by atoms with Crippen LogP contribution in [-0.2, 0) is 6.54 Å². The van der Waals surface area contributed by atoms with E-state index in [0.29, 0.717) is 31.4 Å². The molecule has 1 amide bonds. The Morgan fingerprint density at radius 1 is 1.24 bits per heavy atom. The zero-order valence-corrected chi connectivity index (χ0v) is 13.6. The van der Waals surface area contributed by atoms with E-state index in [-0.39, 0.29) is 11.7 Å². The first kappa shape index (κ1) is 15.6. The standard InChI is InChI=1S/C18H18FN5O/c19-15-5-3-4-14(10-15)11-24-13-17(20-21-24)18(25)23-9-6-16(12-23)22-7-1-2-8-22/h1-5,7-8,10,13,16H,6,9,11-12H2/t16-/m1/s1. The van der Waals surface area contributed by atoms with Gasteiger partial charge in [0.05, 0.1) is 18.8 Å². The lowest BCUT2D eigenvalue weighted by Gasteiger charge is -2.15. The fraction of sp³-hybridized carbons (Fsp3) is 0.278. The number of benzene rings is 1. The molecule has 1 saturated heterocycles. The van der Waals surface area contributed by atoms with Gasteiger partial charge in [0.15, 0.2) is 5.69 Å². The zero-order chi connectivity index (χ0) is 17.2. The van der Waals surface area contributed by atoms with Crippen LogP contribution in [0.5, 0.6) is 0 Å². The highest BCUT2D eigenvalue weighted by atomic mass is 19.1. The van der Waals surface area contributed by atoms with E-state index < -0.39 is 0 Å². The van der Waals surface area contributed by atoms with E-state index in [2.05, 4.69) is 14.9 Å². The van der Waals surface area contributed by atoms with Crippen molar-refractivity contribution in [1.29, 1.82) is 0 Å². The lowest BCUT2D eigenvalue weighted by atomic mass is 10.2. The molecule has 0 bridgehead atoms. The van der Waals surface area contributed by atoms with Gasteiger partial charge in [-0.15, -0.1) is 5.10 Å². The second-order valence-corrected chi connectivity index (χ2v) is 6.26. The number of aromatic nitrogens is 4. The molecule has 0 unspecified atom stereocenters. The first-order chi connectivity index (χ1) is 12.2. The molecule has 0 saturated carbocycles. The second kappa shape index (κ2) is 6.51. The third-order valence-corrected chi connectivity index (χ3v) is 4.49. The molecule has 1 aromatic carbocycles. The third-order valence-electron chi connectivity index (χ3n) is 4.49. The predicted molar refractivity (Wildman–Crippen MR) is 89.5 cm³/mol. The van der Waals surface area contributed by atoms with E-state index in [1.54, 1.807) is 21.8 Å². The molecule has 4 rings (SSSR count). The number of hydrogen-bond acceptors (Lipinski definition) is 3. The first-order valence-electron chi connectivity index (χ1n) is 8.25. The molecule has 25 heavy (non-hydrogen) atoms. The summed E-state index contributed by atoms with van der Waals surface area (Å²) >= 11 is 0. The monoisotopic (exact) mass is 339 g/mol. The Hall–Kier alpha value is -2.96. The van der Waals surface area contributed by atoms with E-state index in [4.69, 9.17) is 0 Å². The molecule has 1 atom stereocenters. The van der Waals surface area contributed by atoms with Crippen molar-refractivity contribution >= 4 is 5.91 Å². The summed E-state index contributed by atoms with van der Waals surface area (Å²) < 4.78 is 16.9. The predicted octanol–water partition coefficient (Wildman–Crippen LogP) is 2.35. The number of nitrogens with zero attached hydrogens (tertiary/aromatic N) is 5. The summed E-state index contributed by atoms with van der Waals surface area (Å²) in [7, 11) is 0. The van der Waals surface area contributed by atoms with Crippen molar-refractivity contribution in [3.63, 3.8) is 0 Å². The summed E-state index contributed by atoms with van der Waals surface area (Å²) in [5, 5.41) is 7.98. The zero-order valence-electron chi connectivity index (χ0n) is 13.6. The van der Waals surface area contributed by atoms with Gasteiger partial charge in [0.2, 0.25) is 0 Å². The van der Waals surface area contributed by atoms with Gasteiger partial charge in [-0.2, -0.15) is 0 Å². The average molecular weight is 339 g/mol. The van der Waals surface area contributed by atoms with Crippen molar-refractivity contribution in [1.82, 2.24) is 24.5 Å². The Morgan fingerprint density at radius 2 is 2.08 bits per heavy atom. The maximum atomic E-state index is 13.3. The molecule has 1 fully saturated rings. The Balaban J connectivity index is 1.42. The highest BCUT2D eigenvalue weighted by Crippen LogP contribution is 2.22. The minimum atomic E-state index is -0.290. The Bertz CT molecular complexity index is 873. The molecule has 0 spiro atoms. The lowest BCUT2D eigenvalue weighted by Crippen LogP contribution is -2.29. The Morgan fingerprint density at radius 3 is 2.88 bits per heavy atom. The molecule has 1 aliphatic rings. The highest BCUT2D eigenvalue weighted by molar-refractivity contribution is 5.92. The molecule has 3 heterocycles. The Labute approximate surface area is 144 Å². The largest absolute Gasteiger partial charge is 0.349 e. The molecular formula is C18H18FN5O. The van der Waals surface area contributed by atoms with Crippen LogP contribution >= 0.6 is 0 Å². The van der Waals surface area contributed by atoms with Gasteiger partial charge < -0.3 is 9.47 Å². The van der Waals surface area contributed by atoms with E-state index in [0.717, 1.165) is 12.0 Å². The second-order valence-electron chi connectivity index (χ2n) is 6.26. The van der Waals surface area contributed by atoms with E-state index >= 15 is 0 Å². The molecule has 128 valence electrons. The summed E-state index contributed by atoms with van der Waals surface area (Å²) in [6.45, 7) is 1.76. The van der Waals surface area contributed by atoms with Gasteiger partial charge in [0, 0.05) is 25.5 Å². The van der Waals surface area contributed by atoms with Gasteiger partial charge in [-0.05, 0) is 36.2 Å². The lowest BCUT2D eigenvalue weighted by molar-refractivity contribution is 0.0782. The molecule has 0 N–H and O–H groups in total. The summed E-state index contributed by atoms with van der Waals surface area (Å²) in [5.74, 6) is -0.401. The highest BCUT2D eigenvalue weighted by Gasteiger charge is 2.29. The number of likely N-dealkylation sites (tertiary alicyclic amines) is 1. The molecule has 0 radical (unpaired) electrons. The third kappa shape index (κ3) is 3.31. The van der Waals surface area contributed by atoms with Gasteiger partial charge in [-0.1, -0.05) is 17.3 Å². The molecule has 2 aromatic heterocycles. The van der Waals surface area contributed by atoms with Crippen molar-refractivity contribution < 1.29 is 9.18 Å². The van der Waals surface area contributed by atoms with Crippen LogP contribution in [-0.4, -0.2) is 43.5 Å². The number of amides is 1. The summed E-state index contributed by atoms with van der Waals surface area (Å²) in [6, 6.07) is 10.6. The topological polar surface area (TPSA) is 56.0 Å². The number of halogens is 1. The van der Waals surface area contributed by atoms with Crippen LogP contribution in [0.3, 0.4) is 0 Å². The smallest absolute Gasteiger partial charge is 0.276 e. The minimum absolute atomic E-state index is 0.111. The van der Waals surface area contributed by atoms with Crippen LogP contribution in [0.25, 0.3) is 0 Å². The molecular weight excluding hydrogens is 321 g/mol. The fourth-order valence-electron chi connectivity index (χ4n) is 3.22. The maximum Gasteiger partial charge on any atom is 0.276 e. The van der Waals surface area contributed by atoms with Gasteiger partial charge >= 0.3 is 0 Å². The molecule has 0 aliphatic carbocycles. The van der Waals surface area contributed by atoms with E-state index in [1.807, 2.05) is 30.6 Å². The molecule has 3 aromatic rings. The van der Waals surface area contributed by atoms with Gasteiger partial charge in [-0.25, -0.2) is 9.07 Å². The van der Waals surface area contributed by atoms with Crippen molar-refractivity contribution in [3.05, 3.63) is 72.1 Å². The summed E-state index contributed by atoms with van der Waals surface area (Å²) in [4.78, 5) is 14.4. The summed E-state index contributed by atoms with van der Waals surface area (Å²) in [6.07, 6.45) is 6.59. The minimum Gasteiger partial charge on any atom is -0.349 e. The summed E-state index contributed by atoms with van der Waals surface area (Å²) in [5.41, 5.74) is 1.10. The van der Waals surface area contributed by atoms with E-state index in [9.17, 15) is 9.18 Å². The van der Waals surface area contributed by atoms with Crippen molar-refractivity contribution in [2.45, 2.75) is 19.0 Å². The van der Waals surface area contributed by atoms with Crippen LogP contribution in [0.4, 0.5) is 4.39 Å². The fourth-order valence-corrected chi connectivity index (χ4v) is 3.22. The number of hydrogen-bond donors (Lipinski definition) is 0. The quantitative estimate of drug-likeness (QED) is 0.733. The SMILES string of the molecule is O=C(c1cn(Cc2cccc(F)c2)nn1)N1CC[C@@H](n2cccc2)C1. The number of carbonyl (C=O) groups is 1. The van der Waals surface area contributed by atoms with Crippen LogP contribution in [0, 0.1) is 5.82 Å². The first-order valence-corrected chi connectivity index (χ1v) is 8.25. The van der Waals surface area contributed by atoms with Crippen LogP contribution in [0.2, 0.25) is 0 Å². The van der Waals surface area contributed by atoms with Crippen LogP contribution < -0.4 is 0 Å². The average Bonchev–Trinajstić information content (AvgIpc) is 3.35. The maximum absolute atomic E-state index is 13.3. The van der Waals surface area contributed by atoms with Crippen LogP contribution in [0.1, 0.15) is 28.5 Å². The van der Waals surface area contributed by atoms with E-state index in [1.165, 1.54) is 12.1 Å². The Kier molecular flexibility index (Phi) is 4.05. The van der Waals surface area contributed by atoms with Gasteiger partial charge in [-0.3, -0.25) is 4.79 Å². The van der Waals surface area contributed by atoms with Crippen LogP contribution in [0.15, 0.2) is 55.0 Å². The van der Waals surface area contributed by atoms with Gasteiger partial charge in [0.25, 0.3) is 5.91 Å². The number of rotatable bonds is 4. The van der Waals surface area contributed by atoms with Gasteiger partial charge in [0.1, 0.15) is 5.82 Å². The number of carbonyl (C=O) groups excluding carboxylic acids is 1. The van der Waals surface area contributed by atoms with Crippen molar-refractivity contribution in [2.75, 3.05) is 13.1 Å². The molecule has 6 nitrogen and oxygen atoms in total. The molecule has 1 aliphatic heterocycles.